The summed E-state index contributed by atoms with van der Waals surface area (Å²) in [6, 6.07) is 4.03. The van der Waals surface area contributed by atoms with Gasteiger partial charge in [-0.05, 0) is 38.0 Å². The zero-order valence-electron chi connectivity index (χ0n) is 16.0. The number of carbonyl (C=O) groups is 2. The van der Waals surface area contributed by atoms with E-state index < -0.39 is 16.0 Å². The number of anilines is 2. The van der Waals surface area contributed by atoms with E-state index in [0.717, 1.165) is 11.3 Å². The molecule has 0 aromatic carbocycles. The van der Waals surface area contributed by atoms with Crippen molar-refractivity contribution in [1.29, 1.82) is 0 Å². The molecule has 3 heterocycles. The van der Waals surface area contributed by atoms with Crippen LogP contribution in [0, 0.1) is 5.92 Å². The number of pyridine rings is 1. The zero-order chi connectivity index (χ0) is 21.9. The molecule has 0 amide bonds. The summed E-state index contributed by atoms with van der Waals surface area (Å²) in [6.45, 7) is 2.82. The molecule has 0 aliphatic carbocycles. The van der Waals surface area contributed by atoms with E-state index in [1.165, 1.54) is 24.4 Å². The van der Waals surface area contributed by atoms with Crippen LogP contribution in [0.5, 0.6) is 0 Å². The highest BCUT2D eigenvalue weighted by atomic mass is 35.5. The van der Waals surface area contributed by atoms with Crippen molar-refractivity contribution in [3.05, 3.63) is 34.3 Å². The van der Waals surface area contributed by atoms with Gasteiger partial charge in [0.15, 0.2) is 0 Å². The number of aromatic nitrogens is 1. The first-order chi connectivity index (χ1) is 14.2. The van der Waals surface area contributed by atoms with Gasteiger partial charge in [0.1, 0.15) is 15.6 Å². The molecule has 3 rings (SSSR count). The Bertz CT molecular complexity index is 1060. The van der Waals surface area contributed by atoms with E-state index in [1.54, 1.807) is 11.8 Å². The number of aromatic carboxylic acids is 1. The van der Waals surface area contributed by atoms with Crippen LogP contribution in [-0.4, -0.2) is 50.1 Å². The maximum Gasteiger partial charge on any atom is 0.339 e. The van der Waals surface area contributed by atoms with Gasteiger partial charge in [-0.3, -0.25) is 9.52 Å². The van der Waals surface area contributed by atoms with Gasteiger partial charge >= 0.3 is 11.9 Å². The first-order valence-electron chi connectivity index (χ1n) is 9.14. The van der Waals surface area contributed by atoms with Crippen molar-refractivity contribution in [2.45, 2.75) is 24.0 Å². The van der Waals surface area contributed by atoms with Crippen molar-refractivity contribution >= 4 is 56.4 Å². The number of ether oxygens (including phenoxy) is 1. The van der Waals surface area contributed by atoms with E-state index in [2.05, 4.69) is 9.71 Å². The van der Waals surface area contributed by atoms with Gasteiger partial charge in [-0.2, -0.15) is 0 Å². The summed E-state index contributed by atoms with van der Waals surface area (Å²) in [4.78, 5) is 29.8. The van der Waals surface area contributed by atoms with Crippen molar-refractivity contribution < 1.29 is 27.9 Å². The molecule has 0 saturated carbocycles. The summed E-state index contributed by atoms with van der Waals surface area (Å²) < 4.78 is 32.6. The second-order valence-electron chi connectivity index (χ2n) is 6.60. The summed E-state index contributed by atoms with van der Waals surface area (Å²) in [7, 11) is -3.92. The van der Waals surface area contributed by atoms with Gasteiger partial charge < -0.3 is 14.7 Å². The maximum atomic E-state index is 12.5. The number of hydrogen-bond acceptors (Lipinski definition) is 8. The van der Waals surface area contributed by atoms with Crippen LogP contribution < -0.4 is 9.62 Å². The molecule has 2 aromatic rings. The number of carboxylic acid groups (broad SMARTS) is 1. The number of carbonyl (C=O) groups excluding carboxylic acids is 1. The van der Waals surface area contributed by atoms with Gasteiger partial charge in [0, 0.05) is 13.1 Å². The molecule has 12 heteroatoms. The second kappa shape index (κ2) is 9.19. The third kappa shape index (κ3) is 5.02. The number of piperidine rings is 1. The standard InChI is InChI=1S/C18H20ClN3O6S2/c1-2-28-18(25)11-4-3-7-22(10-11)16-13(17(23)24)8-12(9-20-16)21-30(26,27)15-6-5-14(19)29-15/h5-6,8-9,11,21H,2-4,7,10H2,1H3,(H,23,24)/t11-/m0/s1. The average Bonchev–Trinajstić information content (AvgIpc) is 3.15. The van der Waals surface area contributed by atoms with E-state index in [0.29, 0.717) is 23.7 Å². The fourth-order valence-corrected chi connectivity index (χ4v) is 5.71. The van der Waals surface area contributed by atoms with Crippen LogP contribution in [-0.2, 0) is 19.6 Å². The Morgan fingerprint density at radius 1 is 1.43 bits per heavy atom. The minimum Gasteiger partial charge on any atom is -0.478 e. The van der Waals surface area contributed by atoms with Crippen LogP contribution in [0.2, 0.25) is 4.34 Å². The average molecular weight is 474 g/mol. The normalized spacial score (nSPS) is 16.9. The lowest BCUT2D eigenvalue weighted by atomic mass is 9.98. The van der Waals surface area contributed by atoms with Gasteiger partial charge in [-0.1, -0.05) is 11.6 Å². The van der Waals surface area contributed by atoms with Gasteiger partial charge in [0.05, 0.1) is 28.7 Å². The smallest absolute Gasteiger partial charge is 0.339 e. The number of nitrogens with zero attached hydrogens (tertiary/aromatic N) is 2. The number of thiophene rings is 1. The highest BCUT2D eigenvalue weighted by molar-refractivity contribution is 7.94. The molecule has 1 aliphatic heterocycles. The van der Waals surface area contributed by atoms with E-state index >= 15 is 0 Å². The van der Waals surface area contributed by atoms with Crippen LogP contribution in [0.25, 0.3) is 0 Å². The lowest BCUT2D eigenvalue weighted by molar-refractivity contribution is -0.148. The van der Waals surface area contributed by atoms with Crippen LogP contribution in [0.3, 0.4) is 0 Å². The Labute approximate surface area is 182 Å². The predicted octanol–water partition coefficient (Wildman–Crippen LogP) is 3.08. The van der Waals surface area contributed by atoms with Crippen molar-refractivity contribution in [3.63, 3.8) is 0 Å². The highest BCUT2D eigenvalue weighted by Crippen LogP contribution is 2.30. The van der Waals surface area contributed by atoms with Gasteiger partial charge in [0.25, 0.3) is 10.0 Å². The quantitative estimate of drug-likeness (QED) is 0.587. The van der Waals surface area contributed by atoms with E-state index in [-0.39, 0.29) is 46.3 Å². The van der Waals surface area contributed by atoms with Crippen LogP contribution in [0.4, 0.5) is 11.5 Å². The molecule has 1 saturated heterocycles. The number of esters is 1. The minimum absolute atomic E-state index is 0.00163. The molecule has 0 spiro atoms. The summed E-state index contributed by atoms with van der Waals surface area (Å²) in [5, 5.41) is 9.65. The zero-order valence-corrected chi connectivity index (χ0v) is 18.4. The summed E-state index contributed by atoms with van der Waals surface area (Å²) >= 11 is 6.68. The lowest BCUT2D eigenvalue weighted by Crippen LogP contribution is -2.40. The first kappa shape index (κ1) is 22.3. The van der Waals surface area contributed by atoms with Crippen LogP contribution in [0.1, 0.15) is 30.1 Å². The number of carboxylic acids is 1. The number of hydrogen-bond donors (Lipinski definition) is 2. The first-order valence-corrected chi connectivity index (χ1v) is 11.8. The van der Waals surface area contributed by atoms with Crippen molar-refractivity contribution in [3.8, 4) is 0 Å². The number of halogens is 1. The fourth-order valence-electron chi connectivity index (χ4n) is 3.19. The molecule has 9 nitrogen and oxygen atoms in total. The lowest BCUT2D eigenvalue weighted by Gasteiger charge is -2.33. The summed E-state index contributed by atoms with van der Waals surface area (Å²) in [6.07, 6.45) is 2.58. The van der Waals surface area contributed by atoms with Crippen molar-refractivity contribution in [2.75, 3.05) is 29.3 Å². The third-order valence-corrected chi connectivity index (χ3v) is 7.61. The Balaban J connectivity index is 1.85. The molecule has 0 unspecified atom stereocenters. The molecule has 0 radical (unpaired) electrons. The number of nitrogens with one attached hydrogen (secondary N) is 1. The largest absolute Gasteiger partial charge is 0.478 e. The number of sulfonamides is 1. The number of rotatable bonds is 7. The van der Waals surface area contributed by atoms with Gasteiger partial charge in [-0.15, -0.1) is 11.3 Å². The topological polar surface area (TPSA) is 126 Å². The molecule has 2 N–H and O–H groups in total. The van der Waals surface area contributed by atoms with Crippen molar-refractivity contribution in [2.24, 2.45) is 5.92 Å². The molecule has 30 heavy (non-hydrogen) atoms. The molecule has 1 fully saturated rings. The van der Waals surface area contributed by atoms with E-state index in [1.807, 2.05) is 0 Å². The Hall–Kier alpha value is -2.37. The van der Waals surface area contributed by atoms with Crippen LogP contribution in [0.15, 0.2) is 28.6 Å². The molecule has 1 atom stereocenters. The highest BCUT2D eigenvalue weighted by Gasteiger charge is 2.30. The van der Waals surface area contributed by atoms with E-state index in [9.17, 15) is 23.1 Å². The molecule has 2 aromatic heterocycles. The Morgan fingerprint density at radius 3 is 2.83 bits per heavy atom. The monoisotopic (exact) mass is 473 g/mol. The molecule has 1 aliphatic rings. The SMILES string of the molecule is CCOC(=O)[C@H]1CCCN(c2ncc(NS(=O)(=O)c3ccc(Cl)s3)cc2C(=O)O)C1. The second-order valence-corrected chi connectivity index (χ2v) is 10.2. The summed E-state index contributed by atoms with van der Waals surface area (Å²) in [5.74, 6) is -1.77. The molecule has 0 bridgehead atoms. The van der Waals surface area contributed by atoms with E-state index in [4.69, 9.17) is 16.3 Å². The minimum atomic E-state index is -3.92. The molecular formula is C18H20ClN3O6S2. The predicted molar refractivity (Wildman–Crippen MR) is 113 cm³/mol. The third-order valence-electron chi connectivity index (χ3n) is 4.50. The Kier molecular flexibility index (Phi) is 6.84. The molecular weight excluding hydrogens is 454 g/mol. The fraction of sp³-hybridized carbons (Fsp3) is 0.389. The van der Waals surface area contributed by atoms with Gasteiger partial charge in [0.2, 0.25) is 0 Å². The van der Waals surface area contributed by atoms with Gasteiger partial charge in [-0.25, -0.2) is 18.2 Å². The van der Waals surface area contributed by atoms with Crippen LogP contribution >= 0.6 is 22.9 Å². The van der Waals surface area contributed by atoms with Crippen molar-refractivity contribution in [1.82, 2.24) is 4.98 Å². The molecule has 162 valence electrons. The summed E-state index contributed by atoms with van der Waals surface area (Å²) in [5.41, 5.74) is -0.149. The Morgan fingerprint density at radius 2 is 2.20 bits per heavy atom. The maximum absolute atomic E-state index is 12.5.